The van der Waals surface area contributed by atoms with Crippen molar-refractivity contribution in [1.82, 2.24) is 0 Å². The lowest BCUT2D eigenvalue weighted by Gasteiger charge is -2.24. The highest BCUT2D eigenvalue weighted by Gasteiger charge is 2.20. The highest BCUT2D eigenvalue weighted by Crippen LogP contribution is 2.35. The molecular formula is C13H15IO4. The summed E-state index contributed by atoms with van der Waals surface area (Å²) in [6.07, 6.45) is 4.42. The molecule has 0 amide bonds. The third kappa shape index (κ3) is 3.15. The molecule has 2 rings (SSSR count). The van der Waals surface area contributed by atoms with Crippen LogP contribution in [0.3, 0.4) is 0 Å². The molecule has 0 aliphatic carbocycles. The van der Waals surface area contributed by atoms with Crippen molar-refractivity contribution in [3.8, 4) is 11.5 Å². The van der Waals surface area contributed by atoms with Gasteiger partial charge in [0.2, 0.25) is 5.75 Å². The summed E-state index contributed by atoms with van der Waals surface area (Å²) < 4.78 is 12.1. The zero-order chi connectivity index (χ0) is 13.0. The number of ether oxygens (including phenoxy) is 2. The minimum atomic E-state index is -0.268. The smallest absolute Gasteiger partial charge is 0.208 e. The molecule has 5 heteroatoms. The lowest BCUT2D eigenvalue weighted by atomic mass is 10.2. The summed E-state index contributed by atoms with van der Waals surface area (Å²) in [7, 11) is 0. The van der Waals surface area contributed by atoms with E-state index in [2.05, 4.69) is 34.1 Å². The average Bonchev–Trinajstić information content (AvgIpc) is 2.42. The van der Waals surface area contributed by atoms with E-state index in [1.807, 2.05) is 6.07 Å². The summed E-state index contributed by atoms with van der Waals surface area (Å²) in [5, 5.41) is 8.93. The predicted octanol–water partition coefficient (Wildman–Crippen LogP) is 3.69. The average molecular weight is 362 g/mol. The van der Waals surface area contributed by atoms with Crippen molar-refractivity contribution in [1.29, 1.82) is 0 Å². The quantitative estimate of drug-likeness (QED) is 0.504. The van der Waals surface area contributed by atoms with Gasteiger partial charge in [-0.3, -0.25) is 0 Å². The molecule has 0 spiro atoms. The van der Waals surface area contributed by atoms with Crippen molar-refractivity contribution >= 4 is 28.7 Å². The maximum Gasteiger partial charge on any atom is 0.208 e. The Hall–Kier alpha value is -0.790. The monoisotopic (exact) mass is 362 g/mol. The second-order valence-electron chi connectivity index (χ2n) is 4.04. The Morgan fingerprint density at radius 3 is 2.89 bits per heavy atom. The van der Waals surface area contributed by atoms with Gasteiger partial charge >= 0.3 is 0 Å². The van der Waals surface area contributed by atoms with Gasteiger partial charge in [0.1, 0.15) is 0 Å². The number of halogens is 1. The van der Waals surface area contributed by atoms with Gasteiger partial charge in [-0.25, -0.2) is 5.26 Å². The van der Waals surface area contributed by atoms with Gasteiger partial charge in [-0.05, 0) is 53.1 Å². The van der Waals surface area contributed by atoms with Gasteiger partial charge in [-0.1, -0.05) is 12.7 Å². The normalized spacial score (nSPS) is 19.3. The number of rotatable bonds is 4. The van der Waals surface area contributed by atoms with E-state index >= 15 is 0 Å². The van der Waals surface area contributed by atoms with Gasteiger partial charge in [0, 0.05) is 6.42 Å². The highest BCUT2D eigenvalue weighted by atomic mass is 127. The minimum absolute atomic E-state index is 0.268. The molecule has 1 aliphatic heterocycles. The zero-order valence-corrected chi connectivity index (χ0v) is 12.1. The van der Waals surface area contributed by atoms with Crippen LogP contribution in [0.15, 0.2) is 18.7 Å². The number of hydrogen-bond donors (Lipinski definition) is 1. The van der Waals surface area contributed by atoms with Gasteiger partial charge in [0.25, 0.3) is 0 Å². The van der Waals surface area contributed by atoms with Gasteiger partial charge < -0.3 is 14.4 Å². The van der Waals surface area contributed by atoms with Crippen LogP contribution in [-0.4, -0.2) is 18.2 Å². The molecule has 4 nitrogen and oxygen atoms in total. The third-order valence-corrected chi connectivity index (χ3v) is 3.55. The third-order valence-electron chi connectivity index (χ3n) is 2.75. The molecule has 1 heterocycles. The Morgan fingerprint density at radius 1 is 1.44 bits per heavy atom. The van der Waals surface area contributed by atoms with Crippen LogP contribution >= 0.6 is 22.6 Å². The fourth-order valence-corrected chi connectivity index (χ4v) is 2.58. The summed E-state index contributed by atoms with van der Waals surface area (Å²) in [5.41, 5.74) is 0.861. The van der Waals surface area contributed by atoms with Crippen LogP contribution in [-0.2, 0) is 4.74 Å². The number of benzene rings is 1. The summed E-state index contributed by atoms with van der Waals surface area (Å²) in [6, 6.07) is 3.58. The van der Waals surface area contributed by atoms with E-state index in [0.29, 0.717) is 12.4 Å². The maximum absolute atomic E-state index is 8.93. The summed E-state index contributed by atoms with van der Waals surface area (Å²) >= 11 is 2.13. The lowest BCUT2D eigenvalue weighted by Crippen LogP contribution is -2.25. The minimum Gasteiger partial charge on any atom is -0.460 e. The molecule has 1 aliphatic rings. The summed E-state index contributed by atoms with van der Waals surface area (Å²) in [6.45, 7) is 4.40. The molecule has 1 aromatic rings. The van der Waals surface area contributed by atoms with Crippen LogP contribution in [0.25, 0.3) is 6.08 Å². The van der Waals surface area contributed by atoms with Crippen molar-refractivity contribution in [2.45, 2.75) is 25.6 Å². The lowest BCUT2D eigenvalue weighted by molar-refractivity contribution is -0.146. The van der Waals surface area contributed by atoms with Gasteiger partial charge in [-0.15, -0.1) is 0 Å². The Kier molecular flexibility index (Phi) is 4.85. The molecule has 0 radical (unpaired) electrons. The predicted molar refractivity (Wildman–Crippen MR) is 76.7 cm³/mol. The number of hydrogen-bond acceptors (Lipinski definition) is 4. The second kappa shape index (κ2) is 6.40. The van der Waals surface area contributed by atoms with Crippen molar-refractivity contribution in [3.05, 3.63) is 27.8 Å². The Balaban J connectivity index is 2.22. The van der Waals surface area contributed by atoms with Crippen molar-refractivity contribution in [2.75, 3.05) is 6.61 Å². The Morgan fingerprint density at radius 2 is 2.28 bits per heavy atom. The molecule has 98 valence electrons. The topological polar surface area (TPSA) is 47.9 Å². The van der Waals surface area contributed by atoms with Crippen LogP contribution in [0.4, 0.5) is 0 Å². The molecule has 1 aromatic carbocycles. The first kappa shape index (κ1) is 13.6. The largest absolute Gasteiger partial charge is 0.460 e. The first-order valence-electron chi connectivity index (χ1n) is 5.80. The van der Waals surface area contributed by atoms with Gasteiger partial charge in [-0.2, -0.15) is 0 Å². The molecule has 1 saturated heterocycles. The molecule has 18 heavy (non-hydrogen) atoms. The summed E-state index contributed by atoms with van der Waals surface area (Å²) in [4.78, 5) is 4.38. The van der Waals surface area contributed by atoms with Crippen LogP contribution in [0.5, 0.6) is 11.5 Å². The van der Waals surface area contributed by atoms with E-state index in [1.165, 1.54) is 0 Å². The fourth-order valence-electron chi connectivity index (χ4n) is 1.82. The standard InChI is InChI=1S/C13H15IO4/c1-2-9-7-10(14)13(11(8-9)18-15)17-12-5-3-4-6-16-12/h2,7-8,12,15H,1,3-6H2. The van der Waals surface area contributed by atoms with Crippen LogP contribution in [0.2, 0.25) is 0 Å². The Bertz CT molecular complexity index is 427. The summed E-state index contributed by atoms with van der Waals surface area (Å²) in [5.74, 6) is 0.793. The van der Waals surface area contributed by atoms with Crippen molar-refractivity contribution < 1.29 is 19.6 Å². The fraction of sp³-hybridized carbons (Fsp3) is 0.385. The van der Waals surface area contributed by atoms with E-state index in [-0.39, 0.29) is 12.0 Å². The maximum atomic E-state index is 8.93. The molecule has 1 N–H and O–H groups in total. The van der Waals surface area contributed by atoms with E-state index in [1.54, 1.807) is 12.1 Å². The molecule has 0 aromatic heterocycles. The van der Waals surface area contributed by atoms with Crippen molar-refractivity contribution in [3.63, 3.8) is 0 Å². The molecular weight excluding hydrogens is 347 g/mol. The van der Waals surface area contributed by atoms with Gasteiger partial charge in [0.05, 0.1) is 10.2 Å². The molecule has 0 saturated carbocycles. The molecule has 1 atom stereocenters. The van der Waals surface area contributed by atoms with Crippen LogP contribution in [0.1, 0.15) is 24.8 Å². The molecule has 1 unspecified atom stereocenters. The second-order valence-corrected chi connectivity index (χ2v) is 5.20. The SMILES string of the molecule is C=Cc1cc(I)c(OC2CCCCO2)c(OO)c1. The van der Waals surface area contributed by atoms with Gasteiger partial charge in [0.15, 0.2) is 12.0 Å². The van der Waals surface area contributed by atoms with Crippen LogP contribution < -0.4 is 9.62 Å². The van der Waals surface area contributed by atoms with Crippen LogP contribution in [0, 0.1) is 3.57 Å². The van der Waals surface area contributed by atoms with E-state index in [4.69, 9.17) is 14.7 Å². The molecule has 0 bridgehead atoms. The van der Waals surface area contributed by atoms with E-state index in [0.717, 1.165) is 28.4 Å². The molecule has 1 fully saturated rings. The first-order chi connectivity index (χ1) is 8.74. The van der Waals surface area contributed by atoms with E-state index < -0.39 is 0 Å². The van der Waals surface area contributed by atoms with Crippen molar-refractivity contribution in [2.24, 2.45) is 0 Å². The first-order valence-corrected chi connectivity index (χ1v) is 6.88. The Labute approximate surface area is 120 Å². The zero-order valence-electron chi connectivity index (χ0n) is 9.89. The van der Waals surface area contributed by atoms with E-state index in [9.17, 15) is 0 Å². The highest BCUT2D eigenvalue weighted by molar-refractivity contribution is 14.1.